The first kappa shape index (κ1) is 12.3. The molecule has 4 nitrogen and oxygen atoms in total. The lowest BCUT2D eigenvalue weighted by atomic mass is 10.2. The number of nitrogens with one attached hydrogen (secondary N) is 1. The number of amidine groups is 1. The zero-order chi connectivity index (χ0) is 12.8. The molecule has 0 radical (unpaired) electrons. The third-order valence-corrected chi connectivity index (χ3v) is 2.48. The summed E-state index contributed by atoms with van der Waals surface area (Å²) in [4.78, 5) is 4.00. The SMILES string of the molecule is N=C(N)c1cc(COCc2ccccc2)ccn1. The maximum Gasteiger partial charge on any atom is 0.141 e. The smallest absolute Gasteiger partial charge is 0.141 e. The van der Waals surface area contributed by atoms with Gasteiger partial charge in [0.1, 0.15) is 11.5 Å². The Kier molecular flexibility index (Phi) is 4.04. The van der Waals surface area contributed by atoms with E-state index in [2.05, 4.69) is 4.98 Å². The van der Waals surface area contributed by atoms with E-state index in [0.717, 1.165) is 11.1 Å². The summed E-state index contributed by atoms with van der Waals surface area (Å²) in [6.45, 7) is 1.05. The highest BCUT2D eigenvalue weighted by molar-refractivity contribution is 5.93. The van der Waals surface area contributed by atoms with Crippen molar-refractivity contribution in [1.82, 2.24) is 4.98 Å². The number of aromatic nitrogens is 1. The normalized spacial score (nSPS) is 10.2. The van der Waals surface area contributed by atoms with E-state index in [0.29, 0.717) is 18.9 Å². The predicted octanol–water partition coefficient (Wildman–Crippen LogP) is 2.08. The fraction of sp³-hybridized carbons (Fsp3) is 0.143. The number of pyridine rings is 1. The minimum atomic E-state index is -0.0279. The molecule has 0 aliphatic heterocycles. The number of hydrogen-bond acceptors (Lipinski definition) is 3. The van der Waals surface area contributed by atoms with Gasteiger partial charge in [-0.3, -0.25) is 10.4 Å². The van der Waals surface area contributed by atoms with Gasteiger partial charge < -0.3 is 10.5 Å². The van der Waals surface area contributed by atoms with E-state index >= 15 is 0 Å². The van der Waals surface area contributed by atoms with Crippen LogP contribution in [0, 0.1) is 5.41 Å². The Balaban J connectivity index is 1.90. The highest BCUT2D eigenvalue weighted by Gasteiger charge is 2.00. The molecule has 1 aromatic heterocycles. The zero-order valence-corrected chi connectivity index (χ0v) is 9.97. The quantitative estimate of drug-likeness (QED) is 0.622. The van der Waals surface area contributed by atoms with Gasteiger partial charge in [0.2, 0.25) is 0 Å². The Hall–Kier alpha value is -2.20. The van der Waals surface area contributed by atoms with Crippen LogP contribution >= 0.6 is 0 Å². The molecule has 0 unspecified atom stereocenters. The van der Waals surface area contributed by atoms with Crippen LogP contribution < -0.4 is 5.73 Å². The molecule has 2 rings (SSSR count). The maximum absolute atomic E-state index is 7.32. The second kappa shape index (κ2) is 5.93. The molecule has 0 amide bonds. The number of nitrogens with two attached hydrogens (primary N) is 1. The molecular weight excluding hydrogens is 226 g/mol. The first-order valence-corrected chi connectivity index (χ1v) is 5.66. The van der Waals surface area contributed by atoms with Gasteiger partial charge in [-0.1, -0.05) is 30.3 Å². The molecule has 0 bridgehead atoms. The van der Waals surface area contributed by atoms with Crippen molar-refractivity contribution in [2.75, 3.05) is 0 Å². The van der Waals surface area contributed by atoms with Crippen LogP contribution in [0.4, 0.5) is 0 Å². The van der Waals surface area contributed by atoms with Crippen LogP contribution in [0.25, 0.3) is 0 Å². The van der Waals surface area contributed by atoms with E-state index in [-0.39, 0.29) is 5.84 Å². The van der Waals surface area contributed by atoms with E-state index in [4.69, 9.17) is 15.9 Å². The Morgan fingerprint density at radius 2 is 1.83 bits per heavy atom. The average Bonchev–Trinajstić information content (AvgIpc) is 2.40. The molecule has 0 saturated heterocycles. The number of hydrogen-bond donors (Lipinski definition) is 2. The van der Waals surface area contributed by atoms with Gasteiger partial charge in [-0.15, -0.1) is 0 Å². The molecule has 0 saturated carbocycles. The summed E-state index contributed by atoms with van der Waals surface area (Å²) < 4.78 is 5.60. The van der Waals surface area contributed by atoms with Crippen LogP contribution in [0.1, 0.15) is 16.8 Å². The number of rotatable bonds is 5. The Labute approximate surface area is 106 Å². The summed E-state index contributed by atoms with van der Waals surface area (Å²) >= 11 is 0. The van der Waals surface area contributed by atoms with Gasteiger partial charge in [0.25, 0.3) is 0 Å². The van der Waals surface area contributed by atoms with Gasteiger partial charge in [0.05, 0.1) is 13.2 Å². The third-order valence-electron chi connectivity index (χ3n) is 2.48. The van der Waals surface area contributed by atoms with E-state index in [1.807, 2.05) is 36.4 Å². The van der Waals surface area contributed by atoms with Gasteiger partial charge in [-0.05, 0) is 23.3 Å². The first-order valence-electron chi connectivity index (χ1n) is 5.66. The van der Waals surface area contributed by atoms with Crippen LogP contribution in [0.2, 0.25) is 0 Å². The van der Waals surface area contributed by atoms with E-state index < -0.39 is 0 Å². The molecule has 4 heteroatoms. The monoisotopic (exact) mass is 241 g/mol. The standard InChI is InChI=1S/C14H15N3O/c15-14(16)13-8-12(6-7-17-13)10-18-9-11-4-2-1-3-5-11/h1-8H,9-10H2,(H3,15,16). The van der Waals surface area contributed by atoms with E-state index in [1.54, 1.807) is 12.3 Å². The summed E-state index contributed by atoms with van der Waals surface area (Å²) in [6, 6.07) is 13.6. The number of benzene rings is 1. The van der Waals surface area contributed by atoms with Crippen molar-refractivity contribution in [3.05, 3.63) is 65.5 Å². The van der Waals surface area contributed by atoms with Gasteiger partial charge >= 0.3 is 0 Å². The van der Waals surface area contributed by atoms with Crippen molar-refractivity contribution in [3.63, 3.8) is 0 Å². The van der Waals surface area contributed by atoms with Crippen LogP contribution in [0.5, 0.6) is 0 Å². The van der Waals surface area contributed by atoms with Gasteiger partial charge in [-0.2, -0.15) is 0 Å². The second-order valence-corrected chi connectivity index (χ2v) is 3.94. The van der Waals surface area contributed by atoms with Gasteiger partial charge in [0, 0.05) is 6.20 Å². The molecule has 92 valence electrons. The van der Waals surface area contributed by atoms with Crippen molar-refractivity contribution in [1.29, 1.82) is 5.41 Å². The first-order chi connectivity index (χ1) is 8.75. The minimum absolute atomic E-state index is 0.0279. The van der Waals surface area contributed by atoms with Crippen molar-refractivity contribution in [3.8, 4) is 0 Å². The summed E-state index contributed by atoms with van der Waals surface area (Å²) in [5, 5.41) is 7.32. The lowest BCUT2D eigenvalue weighted by molar-refractivity contribution is 0.107. The Bertz CT molecular complexity index is 526. The van der Waals surface area contributed by atoms with Gasteiger partial charge in [-0.25, -0.2) is 0 Å². The van der Waals surface area contributed by atoms with E-state index in [9.17, 15) is 0 Å². The van der Waals surface area contributed by atoms with Crippen LogP contribution in [0.3, 0.4) is 0 Å². The fourth-order valence-electron chi connectivity index (χ4n) is 1.57. The number of ether oxygens (including phenoxy) is 1. The number of nitrogens with zero attached hydrogens (tertiary/aromatic N) is 1. The third kappa shape index (κ3) is 3.40. The molecule has 0 fully saturated rings. The Morgan fingerprint density at radius 3 is 2.56 bits per heavy atom. The summed E-state index contributed by atoms with van der Waals surface area (Å²) in [6.07, 6.45) is 1.64. The molecule has 2 aromatic rings. The number of nitrogen functional groups attached to an aromatic ring is 1. The molecule has 0 spiro atoms. The average molecular weight is 241 g/mol. The van der Waals surface area contributed by atoms with Crippen molar-refractivity contribution in [2.24, 2.45) is 5.73 Å². The lowest BCUT2D eigenvalue weighted by Crippen LogP contribution is -2.13. The molecule has 18 heavy (non-hydrogen) atoms. The minimum Gasteiger partial charge on any atom is -0.382 e. The highest BCUT2D eigenvalue weighted by Crippen LogP contribution is 2.06. The maximum atomic E-state index is 7.32. The van der Waals surface area contributed by atoms with Crippen LogP contribution in [-0.2, 0) is 18.0 Å². The molecule has 1 aromatic carbocycles. The molecule has 0 aliphatic carbocycles. The predicted molar refractivity (Wildman–Crippen MR) is 70.2 cm³/mol. The van der Waals surface area contributed by atoms with Crippen LogP contribution in [-0.4, -0.2) is 10.8 Å². The fourth-order valence-corrected chi connectivity index (χ4v) is 1.57. The van der Waals surface area contributed by atoms with Crippen LogP contribution in [0.15, 0.2) is 48.7 Å². The molecule has 3 N–H and O–H groups in total. The van der Waals surface area contributed by atoms with Crippen molar-refractivity contribution in [2.45, 2.75) is 13.2 Å². The topological polar surface area (TPSA) is 72.0 Å². The molecular formula is C14H15N3O. The summed E-state index contributed by atoms with van der Waals surface area (Å²) in [5.74, 6) is -0.0279. The summed E-state index contributed by atoms with van der Waals surface area (Å²) in [5.41, 5.74) is 7.97. The van der Waals surface area contributed by atoms with E-state index in [1.165, 1.54) is 0 Å². The summed E-state index contributed by atoms with van der Waals surface area (Å²) in [7, 11) is 0. The molecule has 0 atom stereocenters. The largest absolute Gasteiger partial charge is 0.382 e. The molecule has 0 aliphatic rings. The highest BCUT2D eigenvalue weighted by atomic mass is 16.5. The van der Waals surface area contributed by atoms with Crippen molar-refractivity contribution < 1.29 is 4.74 Å². The molecule has 1 heterocycles. The van der Waals surface area contributed by atoms with Gasteiger partial charge in [0.15, 0.2) is 0 Å². The zero-order valence-electron chi connectivity index (χ0n) is 9.97. The lowest BCUT2D eigenvalue weighted by Gasteiger charge is -2.05. The second-order valence-electron chi connectivity index (χ2n) is 3.94. The van der Waals surface area contributed by atoms with Crippen molar-refractivity contribution >= 4 is 5.84 Å². The Morgan fingerprint density at radius 1 is 1.11 bits per heavy atom.